The molecule has 2 amide bonds. The summed E-state index contributed by atoms with van der Waals surface area (Å²) < 4.78 is 79.0. The van der Waals surface area contributed by atoms with Gasteiger partial charge in [-0.25, -0.2) is 4.79 Å². The summed E-state index contributed by atoms with van der Waals surface area (Å²) in [6, 6.07) is -0.138. The van der Waals surface area contributed by atoms with E-state index in [2.05, 4.69) is 20.6 Å². The van der Waals surface area contributed by atoms with E-state index < -0.39 is 24.5 Å². The van der Waals surface area contributed by atoms with Crippen molar-refractivity contribution in [2.45, 2.75) is 43.8 Å². The molecule has 2 heterocycles. The molecule has 3 rings (SSSR count). The lowest BCUT2D eigenvalue weighted by molar-refractivity contribution is -0.308. The standard InChI is InChI=1S/C17H20F6N4O3/c18-16(19,20)13(17(21,22)23)30-14(29)27-6-3-15(4-7-27)8-11(15)12(28)24-9-10-2-1-5-25-26-10/h1-2,5,10-11,13,26H,3-4,6-9H2,(H,24,28)/t10?,11-/m1/s1. The number of likely N-dealkylation sites (tertiary alicyclic amines) is 1. The first kappa shape index (κ1) is 22.2. The number of ether oxygens (including phenoxy) is 1. The second kappa shape index (κ2) is 7.99. The lowest BCUT2D eigenvalue weighted by Gasteiger charge is -2.33. The van der Waals surface area contributed by atoms with E-state index in [4.69, 9.17) is 0 Å². The van der Waals surface area contributed by atoms with E-state index in [-0.39, 0.29) is 36.4 Å². The fraction of sp³-hybridized carbons (Fsp3) is 0.706. The fourth-order valence-corrected chi connectivity index (χ4v) is 3.76. The van der Waals surface area contributed by atoms with Gasteiger partial charge in [0.05, 0.1) is 6.04 Å². The topological polar surface area (TPSA) is 83.0 Å². The molecule has 0 aromatic heterocycles. The lowest BCUT2D eigenvalue weighted by Crippen LogP contribution is -2.49. The summed E-state index contributed by atoms with van der Waals surface area (Å²) in [6.45, 7) is 0.174. The Morgan fingerprint density at radius 2 is 1.83 bits per heavy atom. The van der Waals surface area contributed by atoms with Gasteiger partial charge >= 0.3 is 18.4 Å². The van der Waals surface area contributed by atoms with Crippen LogP contribution in [0.5, 0.6) is 0 Å². The number of carbonyl (C=O) groups is 2. The highest BCUT2D eigenvalue weighted by Gasteiger charge is 2.61. The second-order valence-corrected chi connectivity index (χ2v) is 7.60. The van der Waals surface area contributed by atoms with E-state index in [9.17, 15) is 35.9 Å². The molecule has 2 N–H and O–H groups in total. The molecule has 1 saturated heterocycles. The first-order valence-corrected chi connectivity index (χ1v) is 9.24. The van der Waals surface area contributed by atoms with Gasteiger partial charge in [-0.15, -0.1) is 0 Å². The van der Waals surface area contributed by atoms with Crippen molar-refractivity contribution in [3.8, 4) is 0 Å². The average molecular weight is 442 g/mol. The first-order valence-electron chi connectivity index (χ1n) is 9.24. The van der Waals surface area contributed by atoms with Gasteiger partial charge in [0.25, 0.3) is 6.10 Å². The highest BCUT2D eigenvalue weighted by molar-refractivity contribution is 5.83. The van der Waals surface area contributed by atoms with E-state index in [1.165, 1.54) is 0 Å². The third kappa shape index (κ3) is 4.98. The Labute approximate surface area is 167 Å². The summed E-state index contributed by atoms with van der Waals surface area (Å²) in [5, 5.41) is 6.65. The van der Waals surface area contributed by atoms with Crippen LogP contribution in [0.3, 0.4) is 0 Å². The summed E-state index contributed by atoms with van der Waals surface area (Å²) in [5.41, 5.74) is 2.42. The van der Waals surface area contributed by atoms with Crippen LogP contribution in [0, 0.1) is 11.3 Å². The highest BCUT2D eigenvalue weighted by atomic mass is 19.4. The van der Waals surface area contributed by atoms with Crippen LogP contribution in [0.15, 0.2) is 17.3 Å². The molecule has 1 aliphatic carbocycles. The van der Waals surface area contributed by atoms with Crippen LogP contribution in [0.2, 0.25) is 0 Å². The summed E-state index contributed by atoms with van der Waals surface area (Å²) in [6.07, 6.45) is -11.0. The van der Waals surface area contributed by atoms with Crippen molar-refractivity contribution in [3.05, 3.63) is 12.2 Å². The molecule has 1 unspecified atom stereocenters. The third-order valence-electron chi connectivity index (χ3n) is 5.58. The van der Waals surface area contributed by atoms with Crippen molar-refractivity contribution in [3.63, 3.8) is 0 Å². The second-order valence-electron chi connectivity index (χ2n) is 7.60. The van der Waals surface area contributed by atoms with E-state index in [0.717, 1.165) is 4.90 Å². The van der Waals surface area contributed by atoms with Gasteiger partial charge in [0.1, 0.15) is 0 Å². The Kier molecular flexibility index (Phi) is 5.92. The minimum Gasteiger partial charge on any atom is -0.426 e. The zero-order valence-corrected chi connectivity index (χ0v) is 15.6. The van der Waals surface area contributed by atoms with Gasteiger partial charge in [-0.1, -0.05) is 6.08 Å². The average Bonchev–Trinajstić information content (AvgIpc) is 3.37. The maximum Gasteiger partial charge on any atom is 0.434 e. The van der Waals surface area contributed by atoms with Gasteiger partial charge in [0, 0.05) is 31.8 Å². The number of hydrazone groups is 1. The van der Waals surface area contributed by atoms with Crippen LogP contribution < -0.4 is 10.7 Å². The molecular weight excluding hydrogens is 422 g/mol. The minimum atomic E-state index is -5.75. The van der Waals surface area contributed by atoms with Crippen molar-refractivity contribution < 1.29 is 40.7 Å². The van der Waals surface area contributed by atoms with Crippen LogP contribution >= 0.6 is 0 Å². The molecule has 1 saturated carbocycles. The van der Waals surface area contributed by atoms with Gasteiger partial charge in [-0.05, 0) is 30.8 Å². The largest absolute Gasteiger partial charge is 0.434 e. The zero-order chi connectivity index (χ0) is 22.2. The zero-order valence-electron chi connectivity index (χ0n) is 15.6. The predicted molar refractivity (Wildman–Crippen MR) is 91.3 cm³/mol. The van der Waals surface area contributed by atoms with Crippen molar-refractivity contribution in [2.24, 2.45) is 16.4 Å². The van der Waals surface area contributed by atoms with Crippen LogP contribution in [-0.4, -0.2) is 67.2 Å². The molecule has 7 nitrogen and oxygen atoms in total. The van der Waals surface area contributed by atoms with Crippen molar-refractivity contribution in [2.75, 3.05) is 19.6 Å². The molecular formula is C17H20F6N4O3. The van der Waals surface area contributed by atoms with E-state index in [0.29, 0.717) is 25.8 Å². The molecule has 1 spiro atoms. The number of carbonyl (C=O) groups excluding carboxylic acids is 2. The maximum absolute atomic E-state index is 12.5. The lowest BCUT2D eigenvalue weighted by atomic mass is 9.91. The van der Waals surface area contributed by atoms with E-state index in [1.807, 2.05) is 6.08 Å². The van der Waals surface area contributed by atoms with Crippen molar-refractivity contribution in [1.29, 1.82) is 0 Å². The first-order chi connectivity index (χ1) is 13.9. The number of piperidine rings is 1. The molecule has 0 bridgehead atoms. The van der Waals surface area contributed by atoms with Gasteiger partial charge in [-0.3, -0.25) is 4.79 Å². The Bertz CT molecular complexity index is 714. The molecule has 2 atom stereocenters. The van der Waals surface area contributed by atoms with E-state index in [1.54, 1.807) is 12.3 Å². The van der Waals surface area contributed by atoms with Crippen molar-refractivity contribution >= 4 is 18.2 Å². The molecule has 0 radical (unpaired) electrons. The maximum atomic E-state index is 12.5. The summed E-state index contributed by atoms with van der Waals surface area (Å²) in [4.78, 5) is 25.0. The molecule has 2 fully saturated rings. The number of allylic oxidation sites excluding steroid dienone is 1. The molecule has 0 aromatic rings. The molecule has 30 heavy (non-hydrogen) atoms. The van der Waals surface area contributed by atoms with Gasteiger partial charge in [0.15, 0.2) is 0 Å². The third-order valence-corrected chi connectivity index (χ3v) is 5.58. The monoisotopic (exact) mass is 442 g/mol. The Balaban J connectivity index is 1.46. The summed E-state index contributed by atoms with van der Waals surface area (Å²) >= 11 is 0. The van der Waals surface area contributed by atoms with Crippen LogP contribution in [0.25, 0.3) is 0 Å². The number of halogens is 6. The minimum absolute atomic E-state index is 0.0767. The van der Waals surface area contributed by atoms with Crippen LogP contribution in [-0.2, 0) is 9.53 Å². The number of amides is 2. The fourth-order valence-electron chi connectivity index (χ4n) is 3.76. The quantitative estimate of drug-likeness (QED) is 0.655. The Morgan fingerprint density at radius 1 is 1.20 bits per heavy atom. The molecule has 0 aromatic carbocycles. The highest BCUT2D eigenvalue weighted by Crippen LogP contribution is 2.59. The SMILES string of the molecule is O=C(NCC1C=CC=NN1)[C@H]1CC12CCN(C(=O)OC(C(F)(F)F)C(F)(F)F)CC2. The number of nitrogens with zero attached hydrogens (tertiary/aromatic N) is 2. The molecule has 2 aliphatic heterocycles. The summed E-state index contributed by atoms with van der Waals surface area (Å²) in [7, 11) is 0. The number of hydrogen-bond donors (Lipinski definition) is 2. The smallest absolute Gasteiger partial charge is 0.426 e. The molecule has 13 heteroatoms. The van der Waals surface area contributed by atoms with Crippen LogP contribution in [0.4, 0.5) is 31.1 Å². The Morgan fingerprint density at radius 3 is 2.37 bits per heavy atom. The van der Waals surface area contributed by atoms with E-state index >= 15 is 0 Å². The van der Waals surface area contributed by atoms with Gasteiger partial charge < -0.3 is 20.4 Å². The predicted octanol–water partition coefficient (Wildman–Crippen LogP) is 2.35. The van der Waals surface area contributed by atoms with Gasteiger partial charge in [0.2, 0.25) is 5.91 Å². The normalized spacial score (nSPS) is 25.2. The number of rotatable bonds is 4. The molecule has 168 valence electrons. The van der Waals surface area contributed by atoms with Crippen molar-refractivity contribution in [1.82, 2.24) is 15.6 Å². The number of alkyl halides is 6. The molecule has 3 aliphatic rings. The number of nitrogens with one attached hydrogen (secondary N) is 2. The van der Waals surface area contributed by atoms with Gasteiger partial charge in [-0.2, -0.15) is 31.4 Å². The Hall–Kier alpha value is -2.47. The number of hydrogen-bond acceptors (Lipinski definition) is 5. The summed E-state index contributed by atoms with van der Waals surface area (Å²) in [5.74, 6) is -0.477. The van der Waals surface area contributed by atoms with Crippen LogP contribution in [0.1, 0.15) is 19.3 Å².